The molecule has 0 bridgehead atoms. The summed E-state index contributed by atoms with van der Waals surface area (Å²) in [6, 6.07) is 9.89. The summed E-state index contributed by atoms with van der Waals surface area (Å²) in [6.45, 7) is 0. The quantitative estimate of drug-likeness (QED) is 0.750. The monoisotopic (exact) mass is 227 g/mol. The summed E-state index contributed by atoms with van der Waals surface area (Å²) in [4.78, 5) is 4.27. The van der Waals surface area contributed by atoms with Gasteiger partial charge in [-0.3, -0.25) is 0 Å². The minimum Gasteiger partial charge on any atom is -0.497 e. The van der Waals surface area contributed by atoms with Crippen molar-refractivity contribution in [2.24, 2.45) is 0 Å². The number of pyridine rings is 1. The maximum Gasteiger partial charge on any atom is 0.222 e. The topological polar surface area (TPSA) is 31.4 Å². The lowest BCUT2D eigenvalue weighted by molar-refractivity contribution is 0.411. The maximum atomic E-state index is 5.84. The van der Waals surface area contributed by atoms with E-state index in [1.54, 1.807) is 13.3 Å². The average molecular weight is 227 g/mol. The van der Waals surface area contributed by atoms with Crippen LogP contribution in [-0.2, 0) is 12.8 Å². The summed E-state index contributed by atoms with van der Waals surface area (Å²) < 4.78 is 11.1. The maximum absolute atomic E-state index is 5.84. The van der Waals surface area contributed by atoms with Crippen LogP contribution in [0.25, 0.3) is 0 Å². The van der Waals surface area contributed by atoms with Gasteiger partial charge in [-0.15, -0.1) is 0 Å². The lowest BCUT2D eigenvalue weighted by atomic mass is 10.1. The molecule has 1 aromatic carbocycles. The van der Waals surface area contributed by atoms with Crippen LogP contribution in [0.15, 0.2) is 36.5 Å². The van der Waals surface area contributed by atoms with Gasteiger partial charge in [0.2, 0.25) is 5.88 Å². The summed E-state index contributed by atoms with van der Waals surface area (Å²) >= 11 is 0. The van der Waals surface area contributed by atoms with E-state index in [2.05, 4.69) is 11.1 Å². The third kappa shape index (κ3) is 1.84. The SMILES string of the molecule is COc1ccc2c(c1)CCc1cccnc1O2. The van der Waals surface area contributed by atoms with E-state index in [9.17, 15) is 0 Å². The smallest absolute Gasteiger partial charge is 0.222 e. The predicted molar refractivity (Wildman–Crippen MR) is 64.7 cm³/mol. The first-order valence-corrected chi connectivity index (χ1v) is 5.65. The first-order valence-electron chi connectivity index (χ1n) is 5.65. The minimum absolute atomic E-state index is 0.719. The number of benzene rings is 1. The molecule has 86 valence electrons. The highest BCUT2D eigenvalue weighted by Gasteiger charge is 2.15. The van der Waals surface area contributed by atoms with E-state index in [1.165, 1.54) is 5.56 Å². The zero-order chi connectivity index (χ0) is 11.7. The Morgan fingerprint density at radius 2 is 2.06 bits per heavy atom. The second-order valence-corrected chi connectivity index (χ2v) is 4.04. The number of methoxy groups -OCH3 is 1. The molecule has 0 spiro atoms. The zero-order valence-electron chi connectivity index (χ0n) is 9.64. The molecule has 0 amide bonds. The van der Waals surface area contributed by atoms with Crippen molar-refractivity contribution in [1.29, 1.82) is 0 Å². The Morgan fingerprint density at radius 1 is 1.18 bits per heavy atom. The molecule has 1 aromatic heterocycles. The van der Waals surface area contributed by atoms with Crippen LogP contribution in [0.3, 0.4) is 0 Å². The van der Waals surface area contributed by atoms with Crippen LogP contribution in [0, 0.1) is 0 Å². The lowest BCUT2D eigenvalue weighted by Crippen LogP contribution is -1.91. The van der Waals surface area contributed by atoms with Gasteiger partial charge in [-0.05, 0) is 42.7 Å². The van der Waals surface area contributed by atoms with Gasteiger partial charge in [0, 0.05) is 11.8 Å². The third-order valence-electron chi connectivity index (χ3n) is 2.99. The fraction of sp³-hybridized carbons (Fsp3) is 0.214. The molecular weight excluding hydrogens is 214 g/mol. The van der Waals surface area contributed by atoms with Crippen molar-refractivity contribution in [2.45, 2.75) is 12.8 Å². The molecule has 0 saturated heterocycles. The summed E-state index contributed by atoms with van der Waals surface area (Å²) in [5.74, 6) is 2.46. The van der Waals surface area contributed by atoms with Gasteiger partial charge in [0.25, 0.3) is 0 Å². The molecule has 0 unspecified atom stereocenters. The summed E-state index contributed by atoms with van der Waals surface area (Å²) in [7, 11) is 1.68. The Balaban J connectivity index is 2.03. The van der Waals surface area contributed by atoms with Crippen molar-refractivity contribution in [1.82, 2.24) is 4.98 Å². The van der Waals surface area contributed by atoms with Gasteiger partial charge < -0.3 is 9.47 Å². The molecule has 1 aliphatic rings. The second-order valence-electron chi connectivity index (χ2n) is 4.04. The van der Waals surface area contributed by atoms with Gasteiger partial charge in [0.1, 0.15) is 11.5 Å². The van der Waals surface area contributed by atoms with Crippen LogP contribution in [0.4, 0.5) is 0 Å². The molecule has 0 N–H and O–H groups in total. The van der Waals surface area contributed by atoms with Crippen LogP contribution < -0.4 is 9.47 Å². The number of aromatic nitrogens is 1. The molecule has 0 radical (unpaired) electrons. The minimum atomic E-state index is 0.719. The first-order chi connectivity index (χ1) is 8.36. The van der Waals surface area contributed by atoms with Crippen molar-refractivity contribution in [3.05, 3.63) is 47.7 Å². The van der Waals surface area contributed by atoms with Crippen molar-refractivity contribution < 1.29 is 9.47 Å². The number of rotatable bonds is 1. The van der Waals surface area contributed by atoms with Crippen LogP contribution in [0.5, 0.6) is 17.4 Å². The van der Waals surface area contributed by atoms with Gasteiger partial charge in [-0.1, -0.05) is 6.07 Å². The van der Waals surface area contributed by atoms with Crippen molar-refractivity contribution in [3.63, 3.8) is 0 Å². The number of ether oxygens (including phenoxy) is 2. The molecule has 3 nitrogen and oxygen atoms in total. The Bertz CT molecular complexity index is 552. The van der Waals surface area contributed by atoms with Gasteiger partial charge in [-0.2, -0.15) is 0 Å². The molecule has 2 aromatic rings. The van der Waals surface area contributed by atoms with Crippen LogP contribution in [0.1, 0.15) is 11.1 Å². The highest BCUT2D eigenvalue weighted by atomic mass is 16.5. The van der Waals surface area contributed by atoms with Crippen LogP contribution in [0.2, 0.25) is 0 Å². The molecule has 0 aliphatic carbocycles. The van der Waals surface area contributed by atoms with Gasteiger partial charge >= 0.3 is 0 Å². The number of hydrogen-bond acceptors (Lipinski definition) is 3. The molecular formula is C14H13NO2. The molecule has 0 saturated carbocycles. The summed E-state index contributed by atoms with van der Waals surface area (Å²) in [5, 5.41) is 0. The first kappa shape index (κ1) is 10.1. The molecule has 3 rings (SSSR count). The number of nitrogens with zero attached hydrogens (tertiary/aromatic N) is 1. The Kier molecular flexibility index (Phi) is 2.44. The van der Waals surface area contributed by atoms with Crippen molar-refractivity contribution >= 4 is 0 Å². The van der Waals surface area contributed by atoms with E-state index in [4.69, 9.17) is 9.47 Å². The molecule has 1 aliphatic heterocycles. The van der Waals surface area contributed by atoms with Crippen molar-refractivity contribution in [3.8, 4) is 17.4 Å². The largest absolute Gasteiger partial charge is 0.497 e. The van der Waals surface area contributed by atoms with Crippen LogP contribution >= 0.6 is 0 Å². The Labute approximate surface area is 100 Å². The standard InChI is InChI=1S/C14H13NO2/c1-16-12-6-7-13-11(9-12)5-4-10-3-2-8-15-14(10)17-13/h2-3,6-9H,4-5H2,1H3. The second kappa shape index (κ2) is 4.09. The molecule has 0 atom stereocenters. The fourth-order valence-corrected chi connectivity index (χ4v) is 2.06. The van der Waals surface area contributed by atoms with E-state index < -0.39 is 0 Å². The van der Waals surface area contributed by atoms with E-state index in [0.717, 1.165) is 35.8 Å². The summed E-state index contributed by atoms with van der Waals surface area (Å²) in [6.07, 6.45) is 3.65. The normalized spacial score (nSPS) is 13.0. The third-order valence-corrected chi connectivity index (χ3v) is 2.99. The van der Waals surface area contributed by atoms with E-state index >= 15 is 0 Å². The number of aryl methyl sites for hydroxylation is 2. The molecule has 17 heavy (non-hydrogen) atoms. The van der Waals surface area contributed by atoms with Crippen molar-refractivity contribution in [2.75, 3.05) is 7.11 Å². The summed E-state index contributed by atoms with van der Waals surface area (Å²) in [5.41, 5.74) is 2.32. The van der Waals surface area contributed by atoms with E-state index in [0.29, 0.717) is 0 Å². The highest BCUT2D eigenvalue weighted by molar-refractivity contribution is 5.45. The molecule has 2 heterocycles. The zero-order valence-corrected chi connectivity index (χ0v) is 9.64. The highest BCUT2D eigenvalue weighted by Crippen LogP contribution is 2.33. The van der Waals surface area contributed by atoms with Gasteiger partial charge in [0.05, 0.1) is 7.11 Å². The fourth-order valence-electron chi connectivity index (χ4n) is 2.06. The number of hydrogen-bond donors (Lipinski definition) is 0. The Morgan fingerprint density at radius 3 is 2.94 bits per heavy atom. The number of fused-ring (bicyclic) bond motifs is 2. The molecule has 3 heteroatoms. The lowest BCUT2D eigenvalue weighted by Gasteiger charge is -2.08. The van der Waals surface area contributed by atoms with E-state index in [-0.39, 0.29) is 0 Å². The van der Waals surface area contributed by atoms with Crippen LogP contribution in [-0.4, -0.2) is 12.1 Å². The van der Waals surface area contributed by atoms with E-state index in [1.807, 2.05) is 24.3 Å². The predicted octanol–water partition coefficient (Wildman–Crippen LogP) is 2.98. The molecule has 0 fully saturated rings. The van der Waals surface area contributed by atoms with Gasteiger partial charge in [-0.25, -0.2) is 4.98 Å². The average Bonchev–Trinajstić information content (AvgIpc) is 2.57. The van der Waals surface area contributed by atoms with Gasteiger partial charge in [0.15, 0.2) is 0 Å². The Hall–Kier alpha value is -2.03.